The van der Waals surface area contributed by atoms with Crippen molar-refractivity contribution >= 4 is 10.9 Å². The Balaban J connectivity index is 2.04. The maximum atomic E-state index is 3.61. The Morgan fingerprint density at radius 3 is 2.56 bits per heavy atom. The first-order valence-corrected chi connectivity index (χ1v) is 6.36. The first kappa shape index (κ1) is 9.95. The van der Waals surface area contributed by atoms with Gasteiger partial charge in [0.05, 0.1) is 0 Å². The molecular formula is C15H19N. The molecule has 0 radical (unpaired) electrons. The summed E-state index contributed by atoms with van der Waals surface area (Å²) < 4.78 is 0. The van der Waals surface area contributed by atoms with E-state index < -0.39 is 0 Å². The lowest BCUT2D eigenvalue weighted by Gasteiger charge is -2.32. The molecule has 1 aromatic heterocycles. The highest BCUT2D eigenvalue weighted by Crippen LogP contribution is 2.39. The molecule has 0 spiro atoms. The largest absolute Gasteiger partial charge is 0.358 e. The van der Waals surface area contributed by atoms with Gasteiger partial charge in [-0.3, -0.25) is 0 Å². The smallest absolute Gasteiger partial charge is 0.0456 e. The molecule has 1 saturated carbocycles. The summed E-state index contributed by atoms with van der Waals surface area (Å²) in [7, 11) is 0. The Bertz CT molecular complexity index is 456. The normalized spacial score (nSPS) is 20.1. The van der Waals surface area contributed by atoms with Gasteiger partial charge in [-0.1, -0.05) is 44.4 Å². The summed E-state index contributed by atoms with van der Waals surface area (Å²) in [6.45, 7) is 2.41. The molecule has 1 nitrogen and oxygen atoms in total. The minimum atomic E-state index is 0.386. The third kappa shape index (κ3) is 1.55. The number of hydrogen-bond donors (Lipinski definition) is 1. The van der Waals surface area contributed by atoms with Crippen molar-refractivity contribution in [3.8, 4) is 0 Å². The van der Waals surface area contributed by atoms with Crippen LogP contribution in [0.3, 0.4) is 0 Å². The molecule has 3 rings (SSSR count). The highest BCUT2D eigenvalue weighted by Gasteiger charge is 2.29. The molecule has 2 aromatic rings. The molecule has 0 saturated heterocycles. The molecule has 84 valence electrons. The van der Waals surface area contributed by atoms with Crippen LogP contribution in [0.15, 0.2) is 30.3 Å². The van der Waals surface area contributed by atoms with Gasteiger partial charge in [0.15, 0.2) is 0 Å². The van der Waals surface area contributed by atoms with E-state index in [4.69, 9.17) is 0 Å². The number of fused-ring (bicyclic) bond motifs is 1. The second kappa shape index (κ2) is 3.65. The van der Waals surface area contributed by atoms with Gasteiger partial charge in [0.25, 0.3) is 0 Å². The minimum absolute atomic E-state index is 0.386. The molecule has 0 unspecified atom stereocenters. The van der Waals surface area contributed by atoms with Crippen LogP contribution in [0.2, 0.25) is 0 Å². The molecule has 1 heteroatoms. The van der Waals surface area contributed by atoms with Gasteiger partial charge in [-0.2, -0.15) is 0 Å². The number of nitrogens with one attached hydrogen (secondary N) is 1. The lowest BCUT2D eigenvalue weighted by Crippen LogP contribution is -2.25. The van der Waals surface area contributed by atoms with E-state index in [2.05, 4.69) is 42.2 Å². The predicted octanol–water partition coefficient (Wildman–Crippen LogP) is 4.39. The molecule has 16 heavy (non-hydrogen) atoms. The number of hydrogen-bond acceptors (Lipinski definition) is 0. The van der Waals surface area contributed by atoms with Gasteiger partial charge in [0, 0.05) is 16.6 Å². The highest BCUT2D eigenvalue weighted by atomic mass is 14.7. The van der Waals surface area contributed by atoms with Crippen LogP contribution in [0.5, 0.6) is 0 Å². The summed E-state index contributed by atoms with van der Waals surface area (Å²) in [4.78, 5) is 3.61. The summed E-state index contributed by atoms with van der Waals surface area (Å²) in [5, 5.41) is 1.35. The molecule has 1 aliphatic carbocycles. The van der Waals surface area contributed by atoms with E-state index in [1.54, 1.807) is 0 Å². The van der Waals surface area contributed by atoms with Crippen molar-refractivity contribution in [1.82, 2.24) is 4.98 Å². The maximum Gasteiger partial charge on any atom is 0.0456 e. The van der Waals surface area contributed by atoms with Crippen LogP contribution in [-0.4, -0.2) is 4.98 Å². The maximum absolute atomic E-state index is 3.61. The fourth-order valence-corrected chi connectivity index (χ4v) is 3.00. The Morgan fingerprint density at radius 1 is 1.06 bits per heavy atom. The zero-order valence-corrected chi connectivity index (χ0v) is 9.92. The number of para-hydroxylation sites is 1. The molecule has 1 heterocycles. The van der Waals surface area contributed by atoms with Crippen LogP contribution in [0.4, 0.5) is 0 Å². The predicted molar refractivity (Wildman–Crippen MR) is 68.7 cm³/mol. The van der Waals surface area contributed by atoms with Gasteiger partial charge >= 0.3 is 0 Å². The fraction of sp³-hybridized carbons (Fsp3) is 0.467. The van der Waals surface area contributed by atoms with E-state index in [1.165, 1.54) is 48.7 Å². The summed E-state index contributed by atoms with van der Waals surface area (Å²) in [6, 6.07) is 10.9. The lowest BCUT2D eigenvalue weighted by molar-refractivity contribution is 0.314. The number of benzene rings is 1. The molecule has 1 N–H and O–H groups in total. The molecule has 0 amide bonds. The first-order valence-electron chi connectivity index (χ1n) is 6.36. The third-order valence-corrected chi connectivity index (χ3v) is 4.14. The van der Waals surface area contributed by atoms with Gasteiger partial charge in [-0.25, -0.2) is 0 Å². The zero-order chi connectivity index (χ0) is 11.0. The molecule has 0 atom stereocenters. The molecular weight excluding hydrogens is 194 g/mol. The minimum Gasteiger partial charge on any atom is -0.358 e. The second-order valence-electron chi connectivity index (χ2n) is 5.39. The van der Waals surface area contributed by atoms with Crippen molar-refractivity contribution in [2.75, 3.05) is 0 Å². The molecule has 0 bridgehead atoms. The van der Waals surface area contributed by atoms with Crippen LogP contribution in [0.1, 0.15) is 44.7 Å². The quantitative estimate of drug-likeness (QED) is 0.723. The monoisotopic (exact) mass is 213 g/mol. The molecule has 0 aliphatic heterocycles. The summed E-state index contributed by atoms with van der Waals surface area (Å²) in [5.74, 6) is 0. The lowest BCUT2D eigenvalue weighted by atomic mass is 9.73. The number of rotatable bonds is 1. The molecule has 1 fully saturated rings. The van der Waals surface area contributed by atoms with Gasteiger partial charge < -0.3 is 4.98 Å². The van der Waals surface area contributed by atoms with Gasteiger partial charge in [0.2, 0.25) is 0 Å². The van der Waals surface area contributed by atoms with Crippen LogP contribution < -0.4 is 0 Å². The topological polar surface area (TPSA) is 15.8 Å². The molecule has 1 aromatic carbocycles. The SMILES string of the molecule is CC1(c2cc3ccccc3[nH]2)CCCCC1. The average molecular weight is 213 g/mol. The van der Waals surface area contributed by atoms with E-state index in [9.17, 15) is 0 Å². The average Bonchev–Trinajstić information content (AvgIpc) is 2.74. The van der Waals surface area contributed by atoms with Crippen LogP contribution in [-0.2, 0) is 5.41 Å². The third-order valence-electron chi connectivity index (χ3n) is 4.14. The van der Waals surface area contributed by atoms with Crippen LogP contribution >= 0.6 is 0 Å². The van der Waals surface area contributed by atoms with Crippen molar-refractivity contribution in [3.63, 3.8) is 0 Å². The summed E-state index contributed by atoms with van der Waals surface area (Å²) in [6.07, 6.45) is 6.84. The van der Waals surface area contributed by atoms with Crippen molar-refractivity contribution in [3.05, 3.63) is 36.0 Å². The van der Waals surface area contributed by atoms with Crippen molar-refractivity contribution in [2.45, 2.75) is 44.4 Å². The van der Waals surface area contributed by atoms with E-state index in [-0.39, 0.29) is 0 Å². The Kier molecular flexibility index (Phi) is 2.27. The Labute approximate surface area is 96.9 Å². The zero-order valence-electron chi connectivity index (χ0n) is 9.92. The van der Waals surface area contributed by atoms with E-state index in [1.807, 2.05) is 0 Å². The first-order chi connectivity index (χ1) is 7.78. The summed E-state index contributed by atoms with van der Waals surface area (Å²) >= 11 is 0. The fourth-order valence-electron chi connectivity index (χ4n) is 3.00. The second-order valence-corrected chi connectivity index (χ2v) is 5.39. The van der Waals surface area contributed by atoms with Crippen LogP contribution in [0, 0.1) is 0 Å². The Hall–Kier alpha value is -1.24. The summed E-state index contributed by atoms with van der Waals surface area (Å²) in [5.41, 5.74) is 3.11. The van der Waals surface area contributed by atoms with E-state index in [0.29, 0.717) is 5.41 Å². The van der Waals surface area contributed by atoms with Crippen LogP contribution in [0.25, 0.3) is 10.9 Å². The highest BCUT2D eigenvalue weighted by molar-refractivity contribution is 5.80. The van der Waals surface area contributed by atoms with Gasteiger partial charge in [0.1, 0.15) is 0 Å². The van der Waals surface area contributed by atoms with Crippen molar-refractivity contribution in [1.29, 1.82) is 0 Å². The van der Waals surface area contributed by atoms with E-state index >= 15 is 0 Å². The molecule has 1 aliphatic rings. The standard InChI is InChI=1S/C15H19N/c1-15(9-5-2-6-10-15)14-11-12-7-3-4-8-13(12)16-14/h3-4,7-8,11,16H,2,5-6,9-10H2,1H3. The Morgan fingerprint density at radius 2 is 1.81 bits per heavy atom. The van der Waals surface area contributed by atoms with Gasteiger partial charge in [-0.15, -0.1) is 0 Å². The number of H-pyrrole nitrogens is 1. The van der Waals surface area contributed by atoms with Crippen molar-refractivity contribution < 1.29 is 0 Å². The number of aromatic nitrogens is 1. The number of aromatic amines is 1. The van der Waals surface area contributed by atoms with E-state index in [0.717, 1.165) is 0 Å². The van der Waals surface area contributed by atoms with Crippen molar-refractivity contribution in [2.24, 2.45) is 0 Å². The van der Waals surface area contributed by atoms with Gasteiger partial charge in [-0.05, 0) is 30.4 Å².